The van der Waals surface area contributed by atoms with Gasteiger partial charge in [-0.3, -0.25) is 18.6 Å². The van der Waals surface area contributed by atoms with Crippen LogP contribution in [0.1, 0.15) is 206 Å². The number of allylic oxidation sites excluding steroid dienone is 2. The van der Waals surface area contributed by atoms with Crippen LogP contribution in [0.2, 0.25) is 0 Å². The van der Waals surface area contributed by atoms with Gasteiger partial charge in [0.15, 0.2) is 6.10 Å². The van der Waals surface area contributed by atoms with Gasteiger partial charge < -0.3 is 20.1 Å². The van der Waals surface area contributed by atoms with E-state index in [1.54, 1.807) is 0 Å². The molecular weight excluding hydrogens is 665 g/mol. The zero-order chi connectivity index (χ0) is 37.5. The van der Waals surface area contributed by atoms with Crippen LogP contribution in [0.4, 0.5) is 0 Å². The summed E-state index contributed by atoms with van der Waals surface area (Å²) < 4.78 is 32.7. The molecule has 0 saturated carbocycles. The lowest BCUT2D eigenvalue weighted by Crippen LogP contribution is -2.29. The van der Waals surface area contributed by atoms with Crippen molar-refractivity contribution in [3.05, 3.63) is 12.2 Å². The Morgan fingerprint density at radius 1 is 0.569 bits per heavy atom. The molecule has 0 spiro atoms. The number of unbranched alkanes of at least 4 members (excludes halogenated alkanes) is 25. The zero-order valence-electron chi connectivity index (χ0n) is 33.1. The normalized spacial score (nSPS) is 13.4. The summed E-state index contributed by atoms with van der Waals surface area (Å²) in [6.07, 6.45) is 38.1. The fraction of sp³-hybridized carbons (Fsp3) is 0.902. The molecule has 51 heavy (non-hydrogen) atoms. The third-order valence-corrected chi connectivity index (χ3v) is 10.1. The van der Waals surface area contributed by atoms with Crippen molar-refractivity contribution in [3.8, 4) is 0 Å². The molecule has 0 bridgehead atoms. The highest BCUT2D eigenvalue weighted by Gasteiger charge is 2.26. The van der Waals surface area contributed by atoms with Crippen LogP contribution >= 0.6 is 7.82 Å². The topological polar surface area (TPSA) is 134 Å². The molecule has 10 heteroatoms. The Kier molecular flexibility index (Phi) is 37.5. The summed E-state index contributed by atoms with van der Waals surface area (Å²) in [7, 11) is -4.37. The van der Waals surface area contributed by atoms with Gasteiger partial charge in [-0.05, 0) is 38.5 Å². The van der Waals surface area contributed by atoms with Gasteiger partial charge in [-0.25, -0.2) is 4.57 Å². The number of esters is 2. The van der Waals surface area contributed by atoms with Crippen LogP contribution in [0.3, 0.4) is 0 Å². The van der Waals surface area contributed by atoms with Gasteiger partial charge in [-0.15, -0.1) is 0 Å². The van der Waals surface area contributed by atoms with Gasteiger partial charge in [0.1, 0.15) is 6.61 Å². The standard InChI is InChI=1S/C41H80NO8P/c1-3-5-7-9-11-13-15-17-19-20-22-24-26-28-30-32-34-41(44)50-39(38-49-51(45,46)48-36-35-42)37-47-40(43)33-31-29-27-25-23-21-18-16-14-12-10-8-6-4-2/h16,18,39H,3-15,17,19-38,42H2,1-2H3,(H,45,46)/b18-16-/t39-/m1/s1. The maximum atomic E-state index is 12.6. The average Bonchev–Trinajstić information content (AvgIpc) is 3.11. The maximum absolute atomic E-state index is 12.6. The maximum Gasteiger partial charge on any atom is 0.472 e. The van der Waals surface area contributed by atoms with E-state index in [4.69, 9.17) is 24.3 Å². The Morgan fingerprint density at radius 2 is 0.961 bits per heavy atom. The summed E-state index contributed by atoms with van der Waals surface area (Å²) in [6, 6.07) is 0. The van der Waals surface area contributed by atoms with Crippen LogP contribution < -0.4 is 5.73 Å². The number of nitrogens with two attached hydrogens (primary N) is 1. The Balaban J connectivity index is 4.15. The molecule has 0 aromatic rings. The molecule has 0 saturated heterocycles. The van der Waals surface area contributed by atoms with E-state index >= 15 is 0 Å². The molecule has 302 valence electrons. The minimum absolute atomic E-state index is 0.0551. The van der Waals surface area contributed by atoms with Crippen LogP contribution in [0.15, 0.2) is 12.2 Å². The summed E-state index contributed by atoms with van der Waals surface area (Å²) in [5, 5.41) is 0. The van der Waals surface area contributed by atoms with Crippen molar-refractivity contribution in [2.45, 2.75) is 213 Å². The van der Waals surface area contributed by atoms with Crippen molar-refractivity contribution in [2.75, 3.05) is 26.4 Å². The number of phosphoric ester groups is 1. The number of carbonyl (C=O) groups excluding carboxylic acids is 2. The fourth-order valence-electron chi connectivity index (χ4n) is 5.98. The van der Waals surface area contributed by atoms with Gasteiger partial charge in [0, 0.05) is 19.4 Å². The summed E-state index contributed by atoms with van der Waals surface area (Å²) in [6.45, 7) is 3.74. The highest BCUT2D eigenvalue weighted by atomic mass is 31.2. The minimum Gasteiger partial charge on any atom is -0.462 e. The van der Waals surface area contributed by atoms with E-state index in [9.17, 15) is 19.0 Å². The van der Waals surface area contributed by atoms with Gasteiger partial charge >= 0.3 is 19.8 Å². The summed E-state index contributed by atoms with van der Waals surface area (Å²) in [5.74, 6) is -0.829. The second kappa shape index (κ2) is 38.5. The van der Waals surface area contributed by atoms with E-state index in [2.05, 4.69) is 26.0 Å². The van der Waals surface area contributed by atoms with E-state index in [1.807, 2.05) is 0 Å². The Bertz CT molecular complexity index is 856. The molecule has 0 aromatic carbocycles. The summed E-state index contributed by atoms with van der Waals surface area (Å²) in [4.78, 5) is 34.8. The lowest BCUT2D eigenvalue weighted by atomic mass is 10.0. The first kappa shape index (κ1) is 49.8. The number of carbonyl (C=O) groups is 2. The molecule has 3 N–H and O–H groups in total. The summed E-state index contributed by atoms with van der Waals surface area (Å²) in [5.41, 5.74) is 5.34. The van der Waals surface area contributed by atoms with Crippen molar-refractivity contribution in [2.24, 2.45) is 5.73 Å². The van der Waals surface area contributed by atoms with Crippen molar-refractivity contribution < 1.29 is 37.6 Å². The molecule has 0 rings (SSSR count). The smallest absolute Gasteiger partial charge is 0.462 e. The molecule has 0 amide bonds. The quantitative estimate of drug-likeness (QED) is 0.0272. The number of hydrogen-bond donors (Lipinski definition) is 2. The highest BCUT2D eigenvalue weighted by Crippen LogP contribution is 2.43. The average molecular weight is 746 g/mol. The molecular formula is C41H80NO8P. The Labute approximate surface area is 313 Å². The van der Waals surface area contributed by atoms with Crippen molar-refractivity contribution in [1.82, 2.24) is 0 Å². The lowest BCUT2D eigenvalue weighted by Gasteiger charge is -2.19. The van der Waals surface area contributed by atoms with E-state index in [1.165, 1.54) is 122 Å². The molecule has 0 aliphatic rings. The second-order valence-corrected chi connectivity index (χ2v) is 15.7. The highest BCUT2D eigenvalue weighted by molar-refractivity contribution is 7.47. The van der Waals surface area contributed by atoms with E-state index in [0.717, 1.165) is 51.4 Å². The van der Waals surface area contributed by atoms with Crippen LogP contribution in [0.5, 0.6) is 0 Å². The molecule has 1 unspecified atom stereocenters. The van der Waals surface area contributed by atoms with Gasteiger partial charge in [0.05, 0.1) is 13.2 Å². The van der Waals surface area contributed by atoms with Crippen molar-refractivity contribution in [3.63, 3.8) is 0 Å². The largest absolute Gasteiger partial charge is 0.472 e. The number of phosphoric acid groups is 1. The first-order chi connectivity index (χ1) is 24.8. The predicted octanol–water partition coefficient (Wildman–Crippen LogP) is 11.8. The van der Waals surface area contributed by atoms with Crippen molar-refractivity contribution in [1.29, 1.82) is 0 Å². The molecule has 0 aliphatic heterocycles. The number of ether oxygens (including phenoxy) is 2. The van der Waals surface area contributed by atoms with Crippen LogP contribution in [-0.2, 0) is 32.7 Å². The number of hydrogen-bond acceptors (Lipinski definition) is 8. The molecule has 0 heterocycles. The Hall–Kier alpha value is -1.25. The molecule has 0 aromatic heterocycles. The zero-order valence-corrected chi connectivity index (χ0v) is 34.0. The van der Waals surface area contributed by atoms with Gasteiger partial charge in [-0.2, -0.15) is 0 Å². The minimum atomic E-state index is -4.37. The molecule has 0 aliphatic carbocycles. The first-order valence-corrected chi connectivity index (χ1v) is 22.7. The molecule has 2 atom stereocenters. The fourth-order valence-corrected chi connectivity index (χ4v) is 6.75. The van der Waals surface area contributed by atoms with Crippen molar-refractivity contribution >= 4 is 19.8 Å². The summed E-state index contributed by atoms with van der Waals surface area (Å²) >= 11 is 0. The van der Waals surface area contributed by atoms with Crippen LogP contribution in [-0.4, -0.2) is 49.3 Å². The molecule has 0 fully saturated rings. The first-order valence-electron chi connectivity index (χ1n) is 21.2. The van der Waals surface area contributed by atoms with Crippen LogP contribution in [0, 0.1) is 0 Å². The molecule has 9 nitrogen and oxygen atoms in total. The van der Waals surface area contributed by atoms with Crippen LogP contribution in [0.25, 0.3) is 0 Å². The van der Waals surface area contributed by atoms with E-state index < -0.39 is 26.5 Å². The lowest BCUT2D eigenvalue weighted by molar-refractivity contribution is -0.161. The number of rotatable bonds is 40. The van der Waals surface area contributed by atoms with Gasteiger partial charge in [0.25, 0.3) is 0 Å². The van der Waals surface area contributed by atoms with E-state index in [-0.39, 0.29) is 38.6 Å². The third-order valence-electron chi connectivity index (χ3n) is 9.15. The SMILES string of the molecule is CCCCCCC/C=C\CCCCCCCC(=O)OC[C@H](COP(=O)(O)OCCN)OC(=O)CCCCCCCCCCCCCCCCCC. The van der Waals surface area contributed by atoms with E-state index in [0.29, 0.717) is 6.42 Å². The Morgan fingerprint density at radius 3 is 1.39 bits per heavy atom. The van der Waals surface area contributed by atoms with Gasteiger partial charge in [0.2, 0.25) is 0 Å². The monoisotopic (exact) mass is 746 g/mol. The second-order valence-electron chi connectivity index (χ2n) is 14.2. The third kappa shape index (κ3) is 38.3. The predicted molar refractivity (Wildman–Crippen MR) is 211 cm³/mol. The van der Waals surface area contributed by atoms with Gasteiger partial charge in [-0.1, -0.05) is 167 Å². The molecule has 0 radical (unpaired) electrons.